The largest absolute Gasteiger partial charge is 0.339 e. The van der Waals surface area contributed by atoms with Crippen molar-refractivity contribution in [3.63, 3.8) is 0 Å². The molecule has 1 fully saturated rings. The number of carbonyl (C=O) groups excluding carboxylic acids is 1. The molecule has 0 N–H and O–H groups in total. The van der Waals surface area contributed by atoms with Crippen LogP contribution in [0.25, 0.3) is 11.3 Å². The highest BCUT2D eigenvalue weighted by molar-refractivity contribution is 7.09. The number of benzene rings is 3. The highest BCUT2D eigenvalue weighted by Crippen LogP contribution is 2.28. The van der Waals surface area contributed by atoms with Gasteiger partial charge < -0.3 is 4.90 Å². The number of hydrogen-bond acceptors (Lipinski definition) is 4. The lowest BCUT2D eigenvalue weighted by molar-refractivity contribution is -0.133. The number of nitrogens with zero attached hydrogens (tertiary/aromatic N) is 3. The van der Waals surface area contributed by atoms with E-state index in [0.717, 1.165) is 60.1 Å². The molecule has 4 nitrogen and oxygen atoms in total. The molecule has 4 aromatic rings. The van der Waals surface area contributed by atoms with Gasteiger partial charge in [0.1, 0.15) is 5.01 Å². The highest BCUT2D eigenvalue weighted by Gasteiger charge is 2.30. The van der Waals surface area contributed by atoms with Crippen molar-refractivity contribution >= 4 is 17.2 Å². The zero-order chi connectivity index (χ0) is 22.5. The summed E-state index contributed by atoms with van der Waals surface area (Å²) in [6, 6.07) is 30.5. The van der Waals surface area contributed by atoms with Gasteiger partial charge in [0, 0.05) is 37.1 Å². The third-order valence-corrected chi connectivity index (χ3v) is 7.01. The summed E-state index contributed by atoms with van der Waals surface area (Å²) in [7, 11) is 0. The first kappa shape index (κ1) is 21.6. The van der Waals surface area contributed by atoms with Crippen molar-refractivity contribution in [1.82, 2.24) is 14.8 Å². The van der Waals surface area contributed by atoms with E-state index < -0.39 is 0 Å². The first-order valence-electron chi connectivity index (χ1n) is 11.4. The molecule has 0 atom stereocenters. The first-order chi connectivity index (χ1) is 16.3. The Bertz CT molecular complexity index is 1130. The molecule has 1 saturated heterocycles. The van der Waals surface area contributed by atoms with Crippen LogP contribution in [0.1, 0.15) is 22.1 Å². The van der Waals surface area contributed by atoms with Crippen LogP contribution in [0.4, 0.5) is 0 Å². The standard InChI is InChI=1S/C28H27N3OS/c32-28(27(23-12-6-2-7-13-23)24-14-8-3-9-15-24)31-18-16-30(17-19-31)20-26-29-25(21-33-26)22-10-4-1-5-11-22/h1-15,21,27H,16-20H2. The molecule has 166 valence electrons. The third-order valence-electron chi connectivity index (χ3n) is 6.18. The maximum atomic E-state index is 13.6. The van der Waals surface area contributed by atoms with Crippen LogP contribution >= 0.6 is 11.3 Å². The van der Waals surface area contributed by atoms with E-state index in [1.165, 1.54) is 0 Å². The van der Waals surface area contributed by atoms with Crippen LogP contribution in [0.3, 0.4) is 0 Å². The molecule has 3 aromatic carbocycles. The Morgan fingerprint density at radius 1 is 0.788 bits per heavy atom. The Kier molecular flexibility index (Phi) is 6.61. The van der Waals surface area contributed by atoms with E-state index in [2.05, 4.69) is 46.7 Å². The van der Waals surface area contributed by atoms with Crippen molar-refractivity contribution in [3.8, 4) is 11.3 Å². The average Bonchev–Trinajstić information content (AvgIpc) is 3.35. The van der Waals surface area contributed by atoms with Crippen LogP contribution in [0, 0.1) is 0 Å². The van der Waals surface area contributed by atoms with E-state index in [4.69, 9.17) is 4.98 Å². The zero-order valence-corrected chi connectivity index (χ0v) is 19.3. The van der Waals surface area contributed by atoms with E-state index >= 15 is 0 Å². The van der Waals surface area contributed by atoms with Gasteiger partial charge in [-0.05, 0) is 11.1 Å². The van der Waals surface area contributed by atoms with Crippen LogP contribution in [-0.4, -0.2) is 46.9 Å². The molecule has 5 rings (SSSR count). The van der Waals surface area contributed by atoms with Gasteiger partial charge in [0.15, 0.2) is 0 Å². The number of thiazole rings is 1. The fourth-order valence-electron chi connectivity index (χ4n) is 4.39. The molecule has 1 aliphatic heterocycles. The monoisotopic (exact) mass is 453 g/mol. The number of piperazine rings is 1. The minimum atomic E-state index is -0.258. The molecule has 1 aliphatic rings. The summed E-state index contributed by atoms with van der Waals surface area (Å²) in [6.45, 7) is 4.04. The van der Waals surface area contributed by atoms with Gasteiger partial charge in [0.25, 0.3) is 0 Å². The second-order valence-corrected chi connectivity index (χ2v) is 9.29. The van der Waals surface area contributed by atoms with Gasteiger partial charge in [-0.2, -0.15) is 0 Å². The second kappa shape index (κ2) is 10.1. The van der Waals surface area contributed by atoms with Gasteiger partial charge in [-0.3, -0.25) is 9.69 Å². The number of rotatable bonds is 6. The van der Waals surface area contributed by atoms with E-state index in [1.54, 1.807) is 11.3 Å². The lowest BCUT2D eigenvalue weighted by Crippen LogP contribution is -2.49. The van der Waals surface area contributed by atoms with Gasteiger partial charge in [0.05, 0.1) is 18.2 Å². The van der Waals surface area contributed by atoms with Crippen molar-refractivity contribution < 1.29 is 4.79 Å². The Labute approximate surface area is 199 Å². The Hall–Kier alpha value is -3.28. The summed E-state index contributed by atoms with van der Waals surface area (Å²) >= 11 is 1.71. The fourth-order valence-corrected chi connectivity index (χ4v) is 5.24. The fraction of sp³-hybridized carbons (Fsp3) is 0.214. The van der Waals surface area contributed by atoms with Crippen LogP contribution in [0.15, 0.2) is 96.4 Å². The summed E-state index contributed by atoms with van der Waals surface area (Å²) in [5, 5.41) is 3.26. The van der Waals surface area contributed by atoms with Gasteiger partial charge in [0.2, 0.25) is 5.91 Å². The lowest BCUT2D eigenvalue weighted by atomic mass is 9.90. The minimum Gasteiger partial charge on any atom is -0.339 e. The van der Waals surface area contributed by atoms with Crippen LogP contribution in [0.2, 0.25) is 0 Å². The zero-order valence-electron chi connectivity index (χ0n) is 18.5. The molecule has 0 saturated carbocycles. The average molecular weight is 454 g/mol. The molecule has 1 aromatic heterocycles. The number of hydrogen-bond donors (Lipinski definition) is 0. The molecule has 0 unspecified atom stereocenters. The van der Waals surface area contributed by atoms with Crippen molar-refractivity contribution in [1.29, 1.82) is 0 Å². The molecule has 0 aliphatic carbocycles. The SMILES string of the molecule is O=C(C(c1ccccc1)c1ccccc1)N1CCN(Cc2nc(-c3ccccc3)cs2)CC1. The summed E-state index contributed by atoms with van der Waals surface area (Å²) in [6.07, 6.45) is 0. The number of amides is 1. The van der Waals surface area contributed by atoms with Crippen molar-refractivity contribution in [3.05, 3.63) is 113 Å². The van der Waals surface area contributed by atoms with Gasteiger partial charge in [-0.25, -0.2) is 4.98 Å². The van der Waals surface area contributed by atoms with Crippen LogP contribution < -0.4 is 0 Å². The van der Waals surface area contributed by atoms with E-state index in [-0.39, 0.29) is 11.8 Å². The molecule has 0 bridgehead atoms. The number of carbonyl (C=O) groups is 1. The van der Waals surface area contributed by atoms with E-state index in [1.807, 2.05) is 59.5 Å². The van der Waals surface area contributed by atoms with Gasteiger partial charge >= 0.3 is 0 Å². The Balaban J connectivity index is 1.24. The molecular weight excluding hydrogens is 426 g/mol. The quantitative estimate of drug-likeness (QED) is 0.398. The highest BCUT2D eigenvalue weighted by atomic mass is 32.1. The molecule has 2 heterocycles. The normalized spacial score (nSPS) is 14.5. The van der Waals surface area contributed by atoms with E-state index in [0.29, 0.717) is 0 Å². The molecule has 1 amide bonds. The molecule has 33 heavy (non-hydrogen) atoms. The Morgan fingerprint density at radius 2 is 1.33 bits per heavy atom. The van der Waals surface area contributed by atoms with Crippen LogP contribution in [0.5, 0.6) is 0 Å². The Morgan fingerprint density at radius 3 is 1.91 bits per heavy atom. The summed E-state index contributed by atoms with van der Waals surface area (Å²) in [5.74, 6) is -0.0704. The number of aromatic nitrogens is 1. The summed E-state index contributed by atoms with van der Waals surface area (Å²) in [4.78, 5) is 22.9. The first-order valence-corrected chi connectivity index (χ1v) is 12.3. The van der Waals surface area contributed by atoms with E-state index in [9.17, 15) is 4.79 Å². The lowest BCUT2D eigenvalue weighted by Gasteiger charge is -2.36. The minimum absolute atomic E-state index is 0.188. The maximum Gasteiger partial charge on any atom is 0.234 e. The van der Waals surface area contributed by atoms with Crippen molar-refractivity contribution in [2.75, 3.05) is 26.2 Å². The predicted molar refractivity (Wildman–Crippen MR) is 134 cm³/mol. The summed E-state index contributed by atoms with van der Waals surface area (Å²) in [5.41, 5.74) is 4.29. The maximum absolute atomic E-state index is 13.6. The predicted octanol–water partition coefficient (Wildman–Crippen LogP) is 5.29. The molecule has 0 spiro atoms. The molecule has 5 heteroatoms. The third kappa shape index (κ3) is 5.05. The van der Waals surface area contributed by atoms with Crippen molar-refractivity contribution in [2.24, 2.45) is 0 Å². The molecule has 0 radical (unpaired) electrons. The summed E-state index contributed by atoms with van der Waals surface area (Å²) < 4.78 is 0. The topological polar surface area (TPSA) is 36.4 Å². The molecular formula is C28H27N3OS. The smallest absolute Gasteiger partial charge is 0.234 e. The van der Waals surface area contributed by atoms with Crippen LogP contribution in [-0.2, 0) is 11.3 Å². The second-order valence-electron chi connectivity index (χ2n) is 8.35. The van der Waals surface area contributed by atoms with Crippen molar-refractivity contribution in [2.45, 2.75) is 12.5 Å². The van der Waals surface area contributed by atoms with Gasteiger partial charge in [-0.1, -0.05) is 91.0 Å². The van der Waals surface area contributed by atoms with Gasteiger partial charge in [-0.15, -0.1) is 11.3 Å².